The van der Waals surface area contributed by atoms with E-state index in [0.29, 0.717) is 0 Å². The Balaban J connectivity index is 2.25. The zero-order valence-electron chi connectivity index (χ0n) is 14.8. The van der Waals surface area contributed by atoms with Crippen LogP contribution in [0.25, 0.3) is 0 Å². The predicted octanol–water partition coefficient (Wildman–Crippen LogP) is 2.23. The van der Waals surface area contributed by atoms with E-state index in [1.807, 2.05) is 6.07 Å². The number of nitrogens with one attached hydrogen (secondary N) is 1. The molecule has 0 aliphatic heterocycles. The van der Waals surface area contributed by atoms with E-state index in [9.17, 15) is 9.59 Å². The van der Waals surface area contributed by atoms with Crippen LogP contribution in [-0.2, 0) is 22.6 Å². The van der Waals surface area contributed by atoms with E-state index in [1.165, 1.54) is 25.8 Å². The first-order chi connectivity index (χ1) is 11.6. The van der Waals surface area contributed by atoms with Gasteiger partial charge in [-0.2, -0.15) is 0 Å². The Morgan fingerprint density at radius 2 is 1.88 bits per heavy atom. The van der Waals surface area contributed by atoms with Gasteiger partial charge in [-0.1, -0.05) is 26.7 Å². The van der Waals surface area contributed by atoms with Crippen molar-refractivity contribution in [3.8, 4) is 0 Å². The largest absolute Gasteiger partial charge is 0.474 e. The summed E-state index contributed by atoms with van der Waals surface area (Å²) in [5.41, 5.74) is 1.86. The molecule has 0 saturated heterocycles. The number of carboxylic acids is 1. The minimum atomic E-state index is -1.46. The molecule has 2 N–H and O–H groups in total. The lowest BCUT2D eigenvalue weighted by atomic mass is 10.1. The SMILES string of the molecule is CCN(CC)CCCCCCc1cc(CNC(=O)C(=O)O)ccn1. The zero-order chi connectivity index (χ0) is 17.8. The van der Waals surface area contributed by atoms with Crippen LogP contribution in [0.15, 0.2) is 18.3 Å². The van der Waals surface area contributed by atoms with Crippen LogP contribution in [0.5, 0.6) is 0 Å². The van der Waals surface area contributed by atoms with Gasteiger partial charge in [-0.3, -0.25) is 9.78 Å². The van der Waals surface area contributed by atoms with Crippen LogP contribution in [0.2, 0.25) is 0 Å². The highest BCUT2D eigenvalue weighted by atomic mass is 16.4. The first kappa shape index (κ1) is 20.1. The van der Waals surface area contributed by atoms with Crippen LogP contribution in [0, 0.1) is 0 Å². The molecule has 0 bridgehead atoms. The molecule has 0 atom stereocenters. The van der Waals surface area contributed by atoms with Gasteiger partial charge in [0.15, 0.2) is 0 Å². The summed E-state index contributed by atoms with van der Waals surface area (Å²) >= 11 is 0. The summed E-state index contributed by atoms with van der Waals surface area (Å²) in [6, 6.07) is 3.72. The van der Waals surface area contributed by atoms with E-state index >= 15 is 0 Å². The summed E-state index contributed by atoms with van der Waals surface area (Å²) in [5, 5.41) is 10.9. The van der Waals surface area contributed by atoms with Gasteiger partial charge in [0.05, 0.1) is 0 Å². The van der Waals surface area contributed by atoms with Crippen molar-refractivity contribution in [2.45, 2.75) is 52.5 Å². The number of aliphatic carboxylic acids is 1. The fourth-order valence-corrected chi connectivity index (χ4v) is 2.57. The van der Waals surface area contributed by atoms with Crippen molar-refractivity contribution < 1.29 is 14.7 Å². The van der Waals surface area contributed by atoms with Gasteiger partial charge in [-0.05, 0) is 56.6 Å². The molecule has 0 aromatic carbocycles. The third kappa shape index (κ3) is 8.06. The second kappa shape index (κ2) is 11.6. The average Bonchev–Trinajstić information content (AvgIpc) is 2.59. The summed E-state index contributed by atoms with van der Waals surface area (Å²) in [6.07, 6.45) is 7.35. The molecule has 1 aromatic heterocycles. The van der Waals surface area contributed by atoms with Crippen molar-refractivity contribution in [3.63, 3.8) is 0 Å². The minimum Gasteiger partial charge on any atom is -0.474 e. The number of aromatic nitrogens is 1. The van der Waals surface area contributed by atoms with E-state index in [1.54, 1.807) is 12.3 Å². The molecule has 1 rings (SSSR count). The maximum absolute atomic E-state index is 11.0. The molecule has 1 aromatic rings. The lowest BCUT2D eigenvalue weighted by Gasteiger charge is -2.17. The van der Waals surface area contributed by atoms with E-state index in [2.05, 4.69) is 29.0 Å². The van der Waals surface area contributed by atoms with Gasteiger partial charge in [0, 0.05) is 18.4 Å². The molecular formula is C18H29N3O3. The van der Waals surface area contributed by atoms with Gasteiger partial charge in [0.25, 0.3) is 0 Å². The quantitative estimate of drug-likeness (QED) is 0.479. The van der Waals surface area contributed by atoms with Gasteiger partial charge >= 0.3 is 11.9 Å². The Morgan fingerprint density at radius 1 is 1.17 bits per heavy atom. The van der Waals surface area contributed by atoms with Crippen LogP contribution in [0.3, 0.4) is 0 Å². The van der Waals surface area contributed by atoms with Gasteiger partial charge in [-0.15, -0.1) is 0 Å². The molecule has 0 radical (unpaired) electrons. The summed E-state index contributed by atoms with van der Waals surface area (Å²) in [6.45, 7) is 8.01. The Hall–Kier alpha value is -1.95. The van der Waals surface area contributed by atoms with Gasteiger partial charge < -0.3 is 15.3 Å². The fourth-order valence-electron chi connectivity index (χ4n) is 2.57. The first-order valence-corrected chi connectivity index (χ1v) is 8.74. The van der Waals surface area contributed by atoms with Crippen LogP contribution in [0.4, 0.5) is 0 Å². The Bertz CT molecular complexity index is 516. The Morgan fingerprint density at radius 3 is 2.54 bits per heavy atom. The van der Waals surface area contributed by atoms with Crippen LogP contribution < -0.4 is 5.32 Å². The van der Waals surface area contributed by atoms with Crippen molar-refractivity contribution in [3.05, 3.63) is 29.6 Å². The molecule has 134 valence electrons. The van der Waals surface area contributed by atoms with Crippen molar-refractivity contribution in [2.24, 2.45) is 0 Å². The maximum Gasteiger partial charge on any atom is 0.394 e. The van der Waals surface area contributed by atoms with Crippen LogP contribution in [-0.4, -0.2) is 46.5 Å². The minimum absolute atomic E-state index is 0.213. The number of carbonyl (C=O) groups is 2. The molecule has 24 heavy (non-hydrogen) atoms. The third-order valence-electron chi connectivity index (χ3n) is 4.08. The molecule has 6 heteroatoms. The number of pyridine rings is 1. The Kier molecular flexibility index (Phi) is 9.68. The monoisotopic (exact) mass is 335 g/mol. The number of amides is 1. The molecule has 0 fully saturated rings. The van der Waals surface area contributed by atoms with Crippen molar-refractivity contribution in [2.75, 3.05) is 19.6 Å². The maximum atomic E-state index is 11.0. The average molecular weight is 335 g/mol. The standard InChI is InChI=1S/C18H29N3O3/c1-3-21(4-2)12-8-6-5-7-9-16-13-15(10-11-19-16)14-20-17(22)18(23)24/h10-11,13H,3-9,12,14H2,1-2H3,(H,20,22)(H,23,24). The van der Waals surface area contributed by atoms with E-state index < -0.39 is 11.9 Å². The molecule has 6 nitrogen and oxygen atoms in total. The van der Waals surface area contributed by atoms with Crippen LogP contribution >= 0.6 is 0 Å². The molecule has 0 spiro atoms. The summed E-state index contributed by atoms with van der Waals surface area (Å²) in [4.78, 5) is 28.3. The smallest absolute Gasteiger partial charge is 0.394 e. The number of carbonyl (C=O) groups excluding carboxylic acids is 1. The van der Waals surface area contributed by atoms with E-state index in [-0.39, 0.29) is 6.54 Å². The van der Waals surface area contributed by atoms with Gasteiger partial charge in [0.2, 0.25) is 0 Å². The van der Waals surface area contributed by atoms with E-state index in [4.69, 9.17) is 5.11 Å². The number of rotatable bonds is 11. The number of hydrogen-bond acceptors (Lipinski definition) is 4. The Labute approximate surface area is 144 Å². The van der Waals surface area contributed by atoms with E-state index in [0.717, 1.165) is 37.2 Å². The van der Waals surface area contributed by atoms with Crippen molar-refractivity contribution in [1.29, 1.82) is 0 Å². The second-order valence-electron chi connectivity index (χ2n) is 5.83. The summed E-state index contributed by atoms with van der Waals surface area (Å²) < 4.78 is 0. The predicted molar refractivity (Wildman–Crippen MR) is 93.7 cm³/mol. The number of hydrogen-bond donors (Lipinski definition) is 2. The normalized spacial score (nSPS) is 10.8. The lowest BCUT2D eigenvalue weighted by Crippen LogP contribution is -2.30. The molecule has 0 unspecified atom stereocenters. The van der Waals surface area contributed by atoms with Crippen molar-refractivity contribution >= 4 is 11.9 Å². The molecule has 0 saturated carbocycles. The topological polar surface area (TPSA) is 82.5 Å². The number of aryl methyl sites for hydroxylation is 1. The second-order valence-corrected chi connectivity index (χ2v) is 5.83. The molecular weight excluding hydrogens is 306 g/mol. The lowest BCUT2D eigenvalue weighted by molar-refractivity contribution is -0.150. The van der Waals surface area contributed by atoms with Gasteiger partial charge in [0.1, 0.15) is 0 Å². The third-order valence-corrected chi connectivity index (χ3v) is 4.08. The summed E-state index contributed by atoms with van der Waals surface area (Å²) in [5.74, 6) is -2.45. The van der Waals surface area contributed by atoms with Crippen LogP contribution in [0.1, 0.15) is 50.8 Å². The van der Waals surface area contributed by atoms with Gasteiger partial charge in [-0.25, -0.2) is 4.79 Å². The number of nitrogens with zero attached hydrogens (tertiary/aromatic N) is 2. The highest BCUT2D eigenvalue weighted by Crippen LogP contribution is 2.08. The first-order valence-electron chi connectivity index (χ1n) is 8.74. The summed E-state index contributed by atoms with van der Waals surface area (Å²) in [7, 11) is 0. The molecule has 1 heterocycles. The number of carboxylic acid groups (broad SMARTS) is 1. The molecule has 1 amide bonds. The molecule has 0 aliphatic rings. The number of unbranched alkanes of at least 4 members (excludes halogenated alkanes) is 3. The zero-order valence-corrected chi connectivity index (χ0v) is 14.8. The highest BCUT2D eigenvalue weighted by Gasteiger charge is 2.09. The fraction of sp³-hybridized carbons (Fsp3) is 0.611. The molecule has 0 aliphatic carbocycles. The highest BCUT2D eigenvalue weighted by molar-refractivity contribution is 6.31. The van der Waals surface area contributed by atoms with Crippen molar-refractivity contribution in [1.82, 2.24) is 15.2 Å².